The molecule has 1 fully saturated rings. The van der Waals surface area contributed by atoms with Crippen LogP contribution in [0.15, 0.2) is 30.5 Å². The molecule has 3 nitrogen and oxygen atoms in total. The number of nitrogens with zero attached hydrogens (tertiary/aromatic N) is 1. The van der Waals surface area contributed by atoms with E-state index in [-0.39, 0.29) is 0 Å². The van der Waals surface area contributed by atoms with E-state index < -0.39 is 0 Å². The van der Waals surface area contributed by atoms with E-state index >= 15 is 0 Å². The second kappa shape index (κ2) is 5.33. The van der Waals surface area contributed by atoms with Crippen molar-refractivity contribution in [2.24, 2.45) is 17.8 Å². The topological polar surface area (TPSA) is 34.1 Å². The zero-order valence-corrected chi connectivity index (χ0v) is 11.7. The number of nitrogens with one attached hydrogen (secondary N) is 1. The highest BCUT2D eigenvalue weighted by Crippen LogP contribution is 2.44. The van der Waals surface area contributed by atoms with Crippen LogP contribution in [0.2, 0.25) is 0 Å². The smallest absolute Gasteiger partial charge is 0.217 e. The van der Waals surface area contributed by atoms with Crippen molar-refractivity contribution >= 4 is 0 Å². The lowest BCUT2D eigenvalue weighted by Crippen LogP contribution is -2.35. The van der Waals surface area contributed by atoms with Crippen molar-refractivity contribution in [2.75, 3.05) is 7.11 Å². The van der Waals surface area contributed by atoms with Gasteiger partial charge in [0.05, 0.1) is 7.11 Å². The lowest BCUT2D eigenvalue weighted by atomic mass is 9.87. The Bertz CT molecular complexity index is 472. The predicted octanol–water partition coefficient (Wildman–Crippen LogP) is 2.78. The van der Waals surface area contributed by atoms with E-state index in [0.717, 1.165) is 35.7 Å². The average molecular weight is 258 g/mol. The Hall–Kier alpha value is -1.35. The first-order valence-electron chi connectivity index (χ1n) is 7.17. The second-order valence-corrected chi connectivity index (χ2v) is 5.79. The summed E-state index contributed by atoms with van der Waals surface area (Å²) >= 11 is 0. The van der Waals surface area contributed by atoms with E-state index in [9.17, 15) is 0 Å². The van der Waals surface area contributed by atoms with Gasteiger partial charge in [0.1, 0.15) is 0 Å². The molecule has 0 radical (unpaired) electrons. The molecule has 4 unspecified atom stereocenters. The zero-order chi connectivity index (χ0) is 13.2. The van der Waals surface area contributed by atoms with Gasteiger partial charge in [0.25, 0.3) is 0 Å². The van der Waals surface area contributed by atoms with Crippen LogP contribution in [0, 0.1) is 17.8 Å². The summed E-state index contributed by atoms with van der Waals surface area (Å²) in [6.45, 7) is 3.14. The van der Waals surface area contributed by atoms with Crippen molar-refractivity contribution in [1.82, 2.24) is 10.3 Å². The van der Waals surface area contributed by atoms with Crippen molar-refractivity contribution < 1.29 is 4.74 Å². The van der Waals surface area contributed by atoms with E-state index in [1.807, 2.05) is 6.07 Å². The first-order valence-corrected chi connectivity index (χ1v) is 7.17. The SMILES string of the molecule is COc1ncccc1CNC(C)C1CC2C=CC1C2. The number of pyridine rings is 1. The Balaban J connectivity index is 1.58. The van der Waals surface area contributed by atoms with Gasteiger partial charge in [-0.3, -0.25) is 0 Å². The molecule has 4 atom stereocenters. The highest BCUT2D eigenvalue weighted by Gasteiger charge is 2.38. The third kappa shape index (κ3) is 2.52. The Morgan fingerprint density at radius 3 is 3.00 bits per heavy atom. The van der Waals surface area contributed by atoms with E-state index in [0.29, 0.717) is 6.04 Å². The molecule has 2 bridgehead atoms. The fourth-order valence-corrected chi connectivity index (χ4v) is 3.56. The van der Waals surface area contributed by atoms with Crippen LogP contribution in [-0.2, 0) is 6.54 Å². The average Bonchev–Trinajstić information content (AvgIpc) is 3.07. The zero-order valence-electron chi connectivity index (χ0n) is 11.7. The number of rotatable bonds is 5. The van der Waals surface area contributed by atoms with E-state index in [2.05, 4.69) is 35.4 Å². The van der Waals surface area contributed by atoms with Crippen LogP contribution in [-0.4, -0.2) is 18.1 Å². The van der Waals surface area contributed by atoms with Crippen molar-refractivity contribution in [1.29, 1.82) is 0 Å². The number of allylic oxidation sites excluding steroid dienone is 2. The van der Waals surface area contributed by atoms with Gasteiger partial charge in [-0.2, -0.15) is 0 Å². The first kappa shape index (κ1) is 12.7. The molecule has 1 N–H and O–H groups in total. The molecule has 0 aromatic carbocycles. The van der Waals surface area contributed by atoms with Gasteiger partial charge < -0.3 is 10.1 Å². The highest BCUT2D eigenvalue weighted by molar-refractivity contribution is 5.25. The molecule has 1 saturated carbocycles. The van der Waals surface area contributed by atoms with E-state index in [1.165, 1.54) is 12.8 Å². The summed E-state index contributed by atoms with van der Waals surface area (Å²) < 4.78 is 5.29. The molecule has 0 amide bonds. The van der Waals surface area contributed by atoms with Crippen molar-refractivity contribution in [3.05, 3.63) is 36.0 Å². The van der Waals surface area contributed by atoms with Gasteiger partial charge in [-0.05, 0) is 43.6 Å². The van der Waals surface area contributed by atoms with Gasteiger partial charge in [0, 0.05) is 24.3 Å². The van der Waals surface area contributed by atoms with Crippen LogP contribution >= 0.6 is 0 Å². The number of aromatic nitrogens is 1. The Labute approximate surface area is 115 Å². The Kier molecular flexibility index (Phi) is 3.56. The standard InChI is InChI=1S/C16H22N2O/c1-11(15-9-12-5-6-13(15)8-12)18-10-14-4-3-7-17-16(14)19-2/h3-7,11-13,15,18H,8-10H2,1-2H3. The highest BCUT2D eigenvalue weighted by atomic mass is 16.5. The normalized spacial score (nSPS) is 29.7. The molecule has 0 saturated heterocycles. The van der Waals surface area contributed by atoms with E-state index in [1.54, 1.807) is 13.3 Å². The molecule has 0 spiro atoms. The van der Waals surface area contributed by atoms with Gasteiger partial charge in [-0.15, -0.1) is 0 Å². The first-order chi connectivity index (χ1) is 9.28. The summed E-state index contributed by atoms with van der Waals surface area (Å²) in [5, 5.41) is 3.65. The van der Waals surface area contributed by atoms with Gasteiger partial charge in [-0.1, -0.05) is 18.2 Å². The lowest BCUT2D eigenvalue weighted by molar-refractivity contribution is 0.323. The van der Waals surface area contributed by atoms with Crippen LogP contribution in [0.4, 0.5) is 0 Å². The van der Waals surface area contributed by atoms with Crippen molar-refractivity contribution in [2.45, 2.75) is 32.4 Å². The van der Waals surface area contributed by atoms with Crippen LogP contribution in [0.25, 0.3) is 0 Å². The summed E-state index contributed by atoms with van der Waals surface area (Å²) in [5.41, 5.74) is 1.13. The minimum absolute atomic E-state index is 0.546. The number of hydrogen-bond acceptors (Lipinski definition) is 3. The monoisotopic (exact) mass is 258 g/mol. The molecule has 1 aromatic heterocycles. The number of fused-ring (bicyclic) bond motifs is 2. The molecule has 3 rings (SSSR count). The van der Waals surface area contributed by atoms with Gasteiger partial charge in [0.2, 0.25) is 5.88 Å². The van der Waals surface area contributed by atoms with E-state index in [4.69, 9.17) is 4.74 Å². The number of ether oxygens (including phenoxy) is 1. The number of methoxy groups -OCH3 is 1. The molecule has 0 aliphatic heterocycles. The minimum Gasteiger partial charge on any atom is -0.481 e. The molecule has 19 heavy (non-hydrogen) atoms. The third-order valence-corrected chi connectivity index (χ3v) is 4.63. The van der Waals surface area contributed by atoms with Crippen LogP contribution in [0.3, 0.4) is 0 Å². The molecule has 102 valence electrons. The van der Waals surface area contributed by atoms with Crippen LogP contribution in [0.1, 0.15) is 25.3 Å². The molecule has 2 aliphatic carbocycles. The van der Waals surface area contributed by atoms with Gasteiger partial charge in [0.15, 0.2) is 0 Å². The summed E-state index contributed by atoms with van der Waals surface area (Å²) in [7, 11) is 1.68. The molecular weight excluding hydrogens is 236 g/mol. The second-order valence-electron chi connectivity index (χ2n) is 5.79. The fraction of sp³-hybridized carbons (Fsp3) is 0.562. The largest absolute Gasteiger partial charge is 0.481 e. The maximum atomic E-state index is 5.29. The summed E-state index contributed by atoms with van der Waals surface area (Å²) in [4.78, 5) is 4.24. The molecule has 2 aliphatic rings. The Morgan fingerprint density at radius 2 is 2.32 bits per heavy atom. The van der Waals surface area contributed by atoms with Crippen LogP contribution in [0.5, 0.6) is 5.88 Å². The molecular formula is C16H22N2O. The molecule has 1 heterocycles. The summed E-state index contributed by atoms with van der Waals surface area (Å²) in [6.07, 6.45) is 9.30. The molecule has 3 heteroatoms. The maximum absolute atomic E-state index is 5.29. The maximum Gasteiger partial charge on any atom is 0.217 e. The van der Waals surface area contributed by atoms with Crippen molar-refractivity contribution in [3.63, 3.8) is 0 Å². The minimum atomic E-state index is 0.546. The Morgan fingerprint density at radius 1 is 1.42 bits per heavy atom. The van der Waals surface area contributed by atoms with Gasteiger partial charge >= 0.3 is 0 Å². The molecule has 1 aromatic rings. The third-order valence-electron chi connectivity index (χ3n) is 4.63. The predicted molar refractivity (Wildman–Crippen MR) is 75.9 cm³/mol. The number of hydrogen-bond donors (Lipinski definition) is 1. The van der Waals surface area contributed by atoms with Crippen LogP contribution < -0.4 is 10.1 Å². The fourth-order valence-electron chi connectivity index (χ4n) is 3.56. The quantitative estimate of drug-likeness (QED) is 0.825. The summed E-state index contributed by atoms with van der Waals surface area (Å²) in [6, 6.07) is 4.58. The van der Waals surface area contributed by atoms with Gasteiger partial charge in [-0.25, -0.2) is 4.98 Å². The summed E-state index contributed by atoms with van der Waals surface area (Å²) in [5.74, 6) is 3.16. The lowest BCUT2D eigenvalue weighted by Gasteiger charge is -2.26. The van der Waals surface area contributed by atoms with Crippen molar-refractivity contribution in [3.8, 4) is 5.88 Å².